The van der Waals surface area contributed by atoms with E-state index < -0.39 is 0 Å². The molecule has 0 aromatic rings. The third-order valence-corrected chi connectivity index (χ3v) is 1.48. The molecule has 47 valence electrons. The summed E-state index contributed by atoms with van der Waals surface area (Å²) < 4.78 is 0. The molecule has 8 heavy (non-hydrogen) atoms. The van der Waals surface area contributed by atoms with Gasteiger partial charge in [0, 0.05) is 26.2 Å². The van der Waals surface area contributed by atoms with Crippen LogP contribution in [0.3, 0.4) is 0 Å². The first-order valence-electron chi connectivity index (χ1n) is 3.21. The van der Waals surface area contributed by atoms with E-state index in [2.05, 4.69) is 23.7 Å². The van der Waals surface area contributed by atoms with E-state index in [-0.39, 0.29) is 0 Å². The highest BCUT2D eigenvalue weighted by Crippen LogP contribution is 1.93. The molecule has 0 spiro atoms. The highest BCUT2D eigenvalue weighted by molar-refractivity contribution is 4.75. The second kappa shape index (κ2) is 3.05. The number of nitrogens with one attached hydrogen (secondary N) is 1. The molecule has 0 aliphatic carbocycles. The van der Waals surface area contributed by atoms with Gasteiger partial charge in [0.05, 0.1) is 0 Å². The molecule has 0 saturated carbocycles. The van der Waals surface area contributed by atoms with Gasteiger partial charge >= 0.3 is 0 Å². The molecule has 1 N–H and O–H groups in total. The van der Waals surface area contributed by atoms with Gasteiger partial charge in [-0.1, -0.05) is 6.92 Å². The molecule has 1 rings (SSSR count). The molecule has 0 aromatic carbocycles. The Labute approximate surface area is 50.9 Å². The van der Waals surface area contributed by atoms with Crippen LogP contribution in [0.15, 0.2) is 0 Å². The van der Waals surface area contributed by atoms with Crippen LogP contribution in [0, 0.1) is 6.54 Å². The van der Waals surface area contributed by atoms with Gasteiger partial charge in [-0.2, -0.15) is 0 Å². The van der Waals surface area contributed by atoms with Gasteiger partial charge in [0.25, 0.3) is 0 Å². The molecular formula is C6H13N2. The Balaban J connectivity index is 2.13. The van der Waals surface area contributed by atoms with Crippen molar-refractivity contribution in [3.05, 3.63) is 6.54 Å². The van der Waals surface area contributed by atoms with Crippen molar-refractivity contribution < 1.29 is 0 Å². The van der Waals surface area contributed by atoms with E-state index in [0.717, 1.165) is 19.6 Å². The van der Waals surface area contributed by atoms with Gasteiger partial charge in [0.2, 0.25) is 0 Å². The van der Waals surface area contributed by atoms with E-state index in [4.69, 9.17) is 0 Å². The number of hydrogen-bond acceptors (Lipinski definition) is 2. The molecule has 0 unspecified atom stereocenters. The van der Waals surface area contributed by atoms with Crippen LogP contribution in [-0.2, 0) is 0 Å². The van der Waals surface area contributed by atoms with E-state index in [9.17, 15) is 0 Å². The lowest BCUT2D eigenvalue weighted by Crippen LogP contribution is -2.39. The quantitative estimate of drug-likeness (QED) is 0.518. The Kier molecular flexibility index (Phi) is 2.30. The predicted molar refractivity (Wildman–Crippen MR) is 34.4 cm³/mol. The fraction of sp³-hybridized carbons (Fsp3) is 0.833. The summed E-state index contributed by atoms with van der Waals surface area (Å²) in [7, 11) is 0. The number of likely N-dealkylation sites (N-methyl/N-ethyl adjacent to an activating group) is 1. The second-order valence-electron chi connectivity index (χ2n) is 2.02. The third-order valence-electron chi connectivity index (χ3n) is 1.48. The van der Waals surface area contributed by atoms with E-state index in [1.807, 2.05) is 0 Å². The van der Waals surface area contributed by atoms with Crippen molar-refractivity contribution in [3.8, 4) is 0 Å². The zero-order valence-electron chi connectivity index (χ0n) is 5.35. The van der Waals surface area contributed by atoms with Crippen LogP contribution < -0.4 is 5.32 Å². The van der Waals surface area contributed by atoms with Crippen LogP contribution in [0.2, 0.25) is 0 Å². The van der Waals surface area contributed by atoms with Gasteiger partial charge in [-0.3, -0.25) is 4.90 Å². The summed E-state index contributed by atoms with van der Waals surface area (Å²) in [6, 6.07) is 0. The Hall–Kier alpha value is -0.0800. The van der Waals surface area contributed by atoms with Crippen molar-refractivity contribution in [2.75, 3.05) is 26.2 Å². The monoisotopic (exact) mass is 113 g/mol. The lowest BCUT2D eigenvalue weighted by atomic mass is 10.4. The summed E-state index contributed by atoms with van der Waals surface area (Å²) in [5, 5.41) is 3.25. The van der Waals surface area contributed by atoms with Crippen LogP contribution in [0.5, 0.6) is 0 Å². The van der Waals surface area contributed by atoms with Crippen LogP contribution in [0.25, 0.3) is 0 Å². The van der Waals surface area contributed by atoms with E-state index in [0.29, 0.717) is 0 Å². The highest BCUT2D eigenvalue weighted by Gasteiger charge is 2.05. The molecule has 0 amide bonds. The average molecular weight is 113 g/mol. The van der Waals surface area contributed by atoms with Crippen LogP contribution in [0.1, 0.15) is 6.92 Å². The summed E-state index contributed by atoms with van der Waals surface area (Å²) in [6.07, 6.45) is 0. The molecule has 1 saturated heterocycles. The number of nitrogens with zero attached hydrogens (tertiary/aromatic N) is 1. The molecule has 0 aromatic heterocycles. The van der Waals surface area contributed by atoms with Crippen LogP contribution in [-0.4, -0.2) is 31.1 Å². The van der Waals surface area contributed by atoms with Crippen molar-refractivity contribution in [1.29, 1.82) is 0 Å². The molecule has 0 atom stereocenters. The van der Waals surface area contributed by atoms with E-state index in [1.54, 1.807) is 0 Å². The first-order chi connectivity index (χ1) is 3.93. The zero-order chi connectivity index (χ0) is 5.82. The van der Waals surface area contributed by atoms with Crippen LogP contribution in [0.4, 0.5) is 0 Å². The fourth-order valence-corrected chi connectivity index (χ4v) is 0.897. The molecule has 0 bridgehead atoms. The Morgan fingerprint density at radius 1 is 1.75 bits per heavy atom. The minimum atomic E-state index is 1.05. The van der Waals surface area contributed by atoms with Crippen molar-refractivity contribution >= 4 is 0 Å². The minimum absolute atomic E-state index is 1.05. The standard InChI is InChI=1S/C6H13N2/c1-2-8-5-3-7-4-6-8/h5,7H,2-4,6H2,1H3. The molecule has 1 aliphatic heterocycles. The maximum atomic E-state index is 3.25. The van der Waals surface area contributed by atoms with Crippen molar-refractivity contribution in [2.45, 2.75) is 6.92 Å². The smallest absolute Gasteiger partial charge is 0.0389 e. The third kappa shape index (κ3) is 1.46. The van der Waals surface area contributed by atoms with E-state index >= 15 is 0 Å². The number of piperazine rings is 1. The van der Waals surface area contributed by atoms with Gasteiger partial charge < -0.3 is 5.32 Å². The highest BCUT2D eigenvalue weighted by atomic mass is 15.2. The predicted octanol–water partition coefficient (Wildman–Crippen LogP) is 0.0733. The summed E-state index contributed by atoms with van der Waals surface area (Å²) in [6.45, 7) is 8.92. The Bertz CT molecular complexity index is 57.5. The van der Waals surface area contributed by atoms with E-state index in [1.165, 1.54) is 6.54 Å². The number of rotatable bonds is 1. The minimum Gasteiger partial charge on any atom is -0.314 e. The molecule has 1 aliphatic rings. The first-order valence-corrected chi connectivity index (χ1v) is 3.21. The van der Waals surface area contributed by atoms with Gasteiger partial charge in [-0.25, -0.2) is 0 Å². The zero-order valence-corrected chi connectivity index (χ0v) is 5.35. The lowest BCUT2D eigenvalue weighted by Gasteiger charge is -2.24. The Morgan fingerprint density at radius 2 is 2.62 bits per heavy atom. The summed E-state index contributed by atoms with van der Waals surface area (Å²) in [4.78, 5) is 2.33. The van der Waals surface area contributed by atoms with Gasteiger partial charge in [0.1, 0.15) is 0 Å². The van der Waals surface area contributed by atoms with Gasteiger partial charge in [-0.05, 0) is 6.54 Å². The number of hydrogen-bond donors (Lipinski definition) is 1. The topological polar surface area (TPSA) is 15.3 Å². The lowest BCUT2D eigenvalue weighted by molar-refractivity contribution is 0.307. The van der Waals surface area contributed by atoms with Crippen molar-refractivity contribution in [2.24, 2.45) is 0 Å². The summed E-state index contributed by atoms with van der Waals surface area (Å²) in [5.74, 6) is 0. The first kappa shape index (κ1) is 6.05. The van der Waals surface area contributed by atoms with Crippen LogP contribution >= 0.6 is 0 Å². The SMILES string of the molecule is CCN1[CH]CNCC1. The van der Waals surface area contributed by atoms with Gasteiger partial charge in [0.15, 0.2) is 0 Å². The van der Waals surface area contributed by atoms with Crippen molar-refractivity contribution in [1.82, 2.24) is 10.2 Å². The maximum absolute atomic E-state index is 3.25. The molecular weight excluding hydrogens is 100 g/mol. The fourth-order valence-electron chi connectivity index (χ4n) is 0.897. The molecule has 2 nitrogen and oxygen atoms in total. The molecule has 1 heterocycles. The Morgan fingerprint density at radius 3 is 3.00 bits per heavy atom. The summed E-state index contributed by atoms with van der Waals surface area (Å²) >= 11 is 0. The molecule has 1 fully saturated rings. The normalized spacial score (nSPS) is 23.6. The van der Waals surface area contributed by atoms with Gasteiger partial charge in [-0.15, -0.1) is 0 Å². The molecule has 2 heteroatoms. The maximum Gasteiger partial charge on any atom is 0.0389 e. The molecule has 1 radical (unpaired) electrons. The summed E-state index contributed by atoms with van der Waals surface area (Å²) in [5.41, 5.74) is 0. The second-order valence-corrected chi connectivity index (χ2v) is 2.02. The largest absolute Gasteiger partial charge is 0.314 e. The average Bonchev–Trinajstić information content (AvgIpc) is 1.90. The van der Waals surface area contributed by atoms with Crippen molar-refractivity contribution in [3.63, 3.8) is 0 Å².